The van der Waals surface area contributed by atoms with Gasteiger partial charge in [-0.2, -0.15) is 11.3 Å². The number of carbonyl (C=O) groups is 1. The van der Waals surface area contributed by atoms with E-state index in [0.717, 1.165) is 44.5 Å². The molecule has 0 N–H and O–H groups in total. The lowest BCUT2D eigenvalue weighted by Gasteiger charge is -2.30. The third kappa shape index (κ3) is 4.61. The zero-order valence-corrected chi connectivity index (χ0v) is 14.9. The number of hydrogen-bond donors (Lipinski definition) is 0. The van der Waals surface area contributed by atoms with E-state index in [2.05, 4.69) is 31.7 Å². The highest BCUT2D eigenvalue weighted by Crippen LogP contribution is 2.21. The molecule has 1 aliphatic heterocycles. The van der Waals surface area contributed by atoms with Gasteiger partial charge in [0.15, 0.2) is 0 Å². The zero-order valence-electron chi connectivity index (χ0n) is 14.1. The molecule has 0 unspecified atom stereocenters. The maximum atomic E-state index is 12.2. The highest BCUT2D eigenvalue weighted by atomic mass is 32.1. The minimum atomic E-state index is 0.134. The van der Waals surface area contributed by atoms with Gasteiger partial charge in [-0.15, -0.1) is 0 Å². The average Bonchev–Trinajstić information content (AvgIpc) is 2.99. The minimum absolute atomic E-state index is 0.134. The Bertz CT molecular complexity index is 632. The standard InChI is InChI=1S/C18H24N4OS/c1-15(23)22(12-17-9-19-14-20-10-17)18-3-2-6-21(7-4-18)11-16-5-8-24-13-16/h5,8-10,13-14,18H,2-4,6-7,11-12H2,1H3/t18-/m1/s1. The molecule has 0 aliphatic carbocycles. The minimum Gasteiger partial charge on any atom is -0.335 e. The summed E-state index contributed by atoms with van der Waals surface area (Å²) in [6.07, 6.45) is 8.33. The van der Waals surface area contributed by atoms with Crippen molar-refractivity contribution in [3.63, 3.8) is 0 Å². The van der Waals surface area contributed by atoms with Crippen LogP contribution in [0.25, 0.3) is 0 Å². The molecule has 0 aromatic carbocycles. The van der Waals surface area contributed by atoms with E-state index in [1.54, 1.807) is 30.7 Å². The van der Waals surface area contributed by atoms with Crippen molar-refractivity contribution in [3.8, 4) is 0 Å². The first kappa shape index (κ1) is 17.0. The van der Waals surface area contributed by atoms with Crippen molar-refractivity contribution >= 4 is 17.2 Å². The van der Waals surface area contributed by atoms with Gasteiger partial charge in [0, 0.05) is 50.6 Å². The quantitative estimate of drug-likeness (QED) is 0.837. The topological polar surface area (TPSA) is 49.3 Å². The Kier molecular flexibility index (Phi) is 5.93. The van der Waals surface area contributed by atoms with Crippen molar-refractivity contribution in [2.45, 2.75) is 45.3 Å². The molecule has 1 aliphatic rings. The largest absolute Gasteiger partial charge is 0.335 e. The van der Waals surface area contributed by atoms with E-state index in [1.165, 1.54) is 11.9 Å². The Balaban J connectivity index is 1.61. The van der Waals surface area contributed by atoms with E-state index in [-0.39, 0.29) is 5.91 Å². The van der Waals surface area contributed by atoms with Crippen molar-refractivity contribution < 1.29 is 4.79 Å². The Morgan fingerprint density at radius 1 is 1.29 bits per heavy atom. The molecule has 128 valence electrons. The Hall–Kier alpha value is -1.79. The molecule has 1 amide bonds. The third-order valence-corrected chi connectivity index (χ3v) is 5.32. The number of nitrogens with zero attached hydrogens (tertiary/aromatic N) is 4. The molecule has 1 saturated heterocycles. The second kappa shape index (κ2) is 8.35. The number of rotatable bonds is 5. The SMILES string of the molecule is CC(=O)N(Cc1cncnc1)[C@@H]1CCCN(Cc2ccsc2)CC1. The monoisotopic (exact) mass is 344 g/mol. The molecule has 3 rings (SSSR count). The second-order valence-corrected chi connectivity index (χ2v) is 7.17. The predicted octanol–water partition coefficient (Wildman–Crippen LogP) is 2.94. The Labute approximate surface area is 147 Å². The Morgan fingerprint density at radius 3 is 2.83 bits per heavy atom. The van der Waals surface area contributed by atoms with Crippen LogP contribution in [-0.2, 0) is 17.9 Å². The molecule has 2 aromatic rings. The molecular formula is C18H24N4OS. The van der Waals surface area contributed by atoms with E-state index in [0.29, 0.717) is 12.6 Å². The number of likely N-dealkylation sites (tertiary alicyclic amines) is 1. The van der Waals surface area contributed by atoms with Crippen LogP contribution in [0.4, 0.5) is 0 Å². The molecule has 6 heteroatoms. The van der Waals surface area contributed by atoms with Crippen LogP contribution >= 0.6 is 11.3 Å². The molecular weight excluding hydrogens is 320 g/mol. The number of thiophene rings is 1. The van der Waals surface area contributed by atoms with Gasteiger partial charge in [0.2, 0.25) is 5.91 Å². The summed E-state index contributed by atoms with van der Waals surface area (Å²) in [5.74, 6) is 0.134. The molecule has 1 atom stereocenters. The van der Waals surface area contributed by atoms with Gasteiger partial charge < -0.3 is 4.90 Å². The summed E-state index contributed by atoms with van der Waals surface area (Å²) in [6.45, 7) is 5.42. The maximum absolute atomic E-state index is 12.2. The lowest BCUT2D eigenvalue weighted by molar-refractivity contribution is -0.132. The fourth-order valence-corrected chi connectivity index (χ4v) is 4.01. The first-order chi connectivity index (χ1) is 11.7. The Morgan fingerprint density at radius 2 is 2.12 bits per heavy atom. The smallest absolute Gasteiger partial charge is 0.219 e. The molecule has 0 radical (unpaired) electrons. The van der Waals surface area contributed by atoms with E-state index < -0.39 is 0 Å². The van der Waals surface area contributed by atoms with E-state index in [9.17, 15) is 4.79 Å². The van der Waals surface area contributed by atoms with Gasteiger partial charge in [-0.1, -0.05) is 0 Å². The number of amides is 1. The first-order valence-corrected chi connectivity index (χ1v) is 9.41. The zero-order chi connectivity index (χ0) is 16.8. The molecule has 0 spiro atoms. The summed E-state index contributed by atoms with van der Waals surface area (Å²) in [7, 11) is 0. The van der Waals surface area contributed by atoms with Crippen molar-refractivity contribution in [1.29, 1.82) is 0 Å². The lowest BCUT2D eigenvalue weighted by Crippen LogP contribution is -2.39. The lowest BCUT2D eigenvalue weighted by atomic mass is 10.1. The summed E-state index contributed by atoms with van der Waals surface area (Å²) in [4.78, 5) is 24.8. The van der Waals surface area contributed by atoms with E-state index in [4.69, 9.17) is 0 Å². The van der Waals surface area contributed by atoms with Gasteiger partial charge in [-0.25, -0.2) is 9.97 Å². The van der Waals surface area contributed by atoms with E-state index >= 15 is 0 Å². The van der Waals surface area contributed by atoms with Crippen LogP contribution in [0.1, 0.15) is 37.3 Å². The van der Waals surface area contributed by atoms with Gasteiger partial charge >= 0.3 is 0 Å². The van der Waals surface area contributed by atoms with Crippen LogP contribution < -0.4 is 0 Å². The van der Waals surface area contributed by atoms with Crippen LogP contribution in [0.5, 0.6) is 0 Å². The van der Waals surface area contributed by atoms with Crippen LogP contribution in [0.15, 0.2) is 35.5 Å². The fraction of sp³-hybridized carbons (Fsp3) is 0.500. The van der Waals surface area contributed by atoms with Gasteiger partial charge in [-0.3, -0.25) is 9.69 Å². The van der Waals surface area contributed by atoms with Crippen molar-refractivity contribution in [2.24, 2.45) is 0 Å². The number of carbonyl (C=O) groups excluding carboxylic acids is 1. The van der Waals surface area contributed by atoms with E-state index in [1.807, 2.05) is 4.90 Å². The summed E-state index contributed by atoms with van der Waals surface area (Å²) < 4.78 is 0. The highest BCUT2D eigenvalue weighted by Gasteiger charge is 2.24. The molecule has 0 saturated carbocycles. The number of aromatic nitrogens is 2. The number of hydrogen-bond acceptors (Lipinski definition) is 5. The highest BCUT2D eigenvalue weighted by molar-refractivity contribution is 7.07. The first-order valence-electron chi connectivity index (χ1n) is 8.47. The van der Waals surface area contributed by atoms with Gasteiger partial charge in [0.25, 0.3) is 0 Å². The predicted molar refractivity (Wildman–Crippen MR) is 95.5 cm³/mol. The molecule has 3 heterocycles. The normalized spacial score (nSPS) is 19.0. The van der Waals surface area contributed by atoms with Crippen LogP contribution in [0.2, 0.25) is 0 Å². The molecule has 5 nitrogen and oxygen atoms in total. The molecule has 1 fully saturated rings. The summed E-state index contributed by atoms with van der Waals surface area (Å²) in [5, 5.41) is 4.36. The summed E-state index contributed by atoms with van der Waals surface area (Å²) >= 11 is 1.75. The van der Waals surface area contributed by atoms with Crippen LogP contribution in [0.3, 0.4) is 0 Å². The third-order valence-electron chi connectivity index (χ3n) is 4.59. The van der Waals surface area contributed by atoms with Crippen LogP contribution in [0, 0.1) is 0 Å². The van der Waals surface area contributed by atoms with Crippen molar-refractivity contribution in [3.05, 3.63) is 46.7 Å². The summed E-state index contributed by atoms with van der Waals surface area (Å²) in [6, 6.07) is 2.50. The molecule has 0 bridgehead atoms. The van der Waals surface area contributed by atoms with Gasteiger partial charge in [0.1, 0.15) is 6.33 Å². The molecule has 24 heavy (non-hydrogen) atoms. The van der Waals surface area contributed by atoms with Crippen molar-refractivity contribution in [1.82, 2.24) is 19.8 Å². The molecule has 2 aromatic heterocycles. The second-order valence-electron chi connectivity index (χ2n) is 6.39. The maximum Gasteiger partial charge on any atom is 0.219 e. The van der Waals surface area contributed by atoms with Gasteiger partial charge in [-0.05, 0) is 48.2 Å². The average molecular weight is 344 g/mol. The van der Waals surface area contributed by atoms with Crippen LogP contribution in [-0.4, -0.2) is 44.8 Å². The fourth-order valence-electron chi connectivity index (χ4n) is 3.35. The van der Waals surface area contributed by atoms with Crippen molar-refractivity contribution in [2.75, 3.05) is 13.1 Å². The summed E-state index contributed by atoms with van der Waals surface area (Å²) in [5.41, 5.74) is 2.38. The van der Waals surface area contributed by atoms with Gasteiger partial charge in [0.05, 0.1) is 0 Å².